The van der Waals surface area contributed by atoms with Crippen molar-refractivity contribution in [1.29, 1.82) is 0 Å². The maximum atomic E-state index is 12.4. The lowest BCUT2D eigenvalue weighted by atomic mass is 9.87. The second-order valence-electron chi connectivity index (χ2n) is 6.20. The molecule has 2 aromatic rings. The first-order valence-electron chi connectivity index (χ1n) is 8.28. The summed E-state index contributed by atoms with van der Waals surface area (Å²) in [6, 6.07) is 5.86. The average Bonchev–Trinajstić information content (AvgIpc) is 3.06. The van der Waals surface area contributed by atoms with Crippen LogP contribution in [0, 0.1) is 0 Å². The zero-order valence-electron chi connectivity index (χ0n) is 13.7. The molecule has 2 atom stereocenters. The van der Waals surface area contributed by atoms with Crippen LogP contribution in [-0.2, 0) is 13.0 Å². The second kappa shape index (κ2) is 7.70. The van der Waals surface area contributed by atoms with Crippen LogP contribution >= 0.6 is 0 Å². The van der Waals surface area contributed by atoms with E-state index in [-0.39, 0.29) is 11.8 Å². The van der Waals surface area contributed by atoms with E-state index >= 15 is 0 Å². The van der Waals surface area contributed by atoms with Gasteiger partial charge in [0.25, 0.3) is 0 Å². The second-order valence-corrected chi connectivity index (χ2v) is 6.20. The fourth-order valence-corrected chi connectivity index (χ4v) is 3.24. The van der Waals surface area contributed by atoms with E-state index in [4.69, 9.17) is 0 Å². The molecule has 24 heavy (non-hydrogen) atoms. The Morgan fingerprint density at radius 1 is 1.42 bits per heavy atom. The van der Waals surface area contributed by atoms with Crippen LogP contribution in [0.25, 0.3) is 0 Å². The number of benzene rings is 1. The van der Waals surface area contributed by atoms with Crippen molar-refractivity contribution in [3.05, 3.63) is 42.0 Å². The molecule has 0 aliphatic heterocycles. The van der Waals surface area contributed by atoms with E-state index in [2.05, 4.69) is 27.1 Å². The number of hydrogen-bond donors (Lipinski definition) is 1. The molecular weight excluding hydrogens is 314 g/mol. The average molecular weight is 336 g/mol. The molecule has 1 aliphatic rings. The van der Waals surface area contributed by atoms with Gasteiger partial charge in [-0.05, 0) is 55.9 Å². The molecule has 1 aliphatic carbocycles. The highest BCUT2D eigenvalue weighted by Crippen LogP contribution is 2.33. The minimum absolute atomic E-state index is 0.239. The van der Waals surface area contributed by atoms with Gasteiger partial charge < -0.3 is 10.1 Å². The molecule has 0 spiro atoms. The van der Waals surface area contributed by atoms with Crippen molar-refractivity contribution in [3.63, 3.8) is 0 Å². The molecule has 0 saturated carbocycles. The number of rotatable bonds is 7. The van der Waals surface area contributed by atoms with E-state index in [0.717, 1.165) is 37.8 Å². The Morgan fingerprint density at radius 3 is 3.04 bits per heavy atom. The first-order chi connectivity index (χ1) is 11.6. The van der Waals surface area contributed by atoms with Crippen LogP contribution in [0.5, 0.6) is 5.75 Å². The normalized spacial score (nSPS) is 18.4. The van der Waals surface area contributed by atoms with Gasteiger partial charge in [0.2, 0.25) is 0 Å². The number of halogens is 2. The van der Waals surface area contributed by atoms with Gasteiger partial charge in [0, 0.05) is 18.6 Å². The summed E-state index contributed by atoms with van der Waals surface area (Å²) in [5.74, 6) is 0.239. The highest BCUT2D eigenvalue weighted by atomic mass is 19.3. The molecule has 0 amide bonds. The largest absolute Gasteiger partial charge is 0.435 e. The summed E-state index contributed by atoms with van der Waals surface area (Å²) < 4.78 is 31.0. The molecule has 1 aromatic carbocycles. The zero-order valence-corrected chi connectivity index (χ0v) is 13.7. The third-order valence-electron chi connectivity index (χ3n) is 4.40. The first kappa shape index (κ1) is 16.8. The van der Waals surface area contributed by atoms with E-state index in [9.17, 15) is 8.78 Å². The van der Waals surface area contributed by atoms with E-state index in [1.807, 2.05) is 10.7 Å². The topological polar surface area (TPSA) is 52.0 Å². The Balaban J connectivity index is 1.61. The minimum atomic E-state index is -2.78. The molecule has 130 valence electrons. The zero-order chi connectivity index (χ0) is 16.9. The Hall–Kier alpha value is -2.02. The van der Waals surface area contributed by atoms with Crippen molar-refractivity contribution < 1.29 is 13.5 Å². The summed E-state index contributed by atoms with van der Waals surface area (Å²) in [7, 11) is 0. The highest BCUT2D eigenvalue weighted by Gasteiger charge is 2.22. The number of fused-ring (bicyclic) bond motifs is 1. The van der Waals surface area contributed by atoms with Crippen molar-refractivity contribution in [2.75, 3.05) is 0 Å². The van der Waals surface area contributed by atoms with E-state index in [1.54, 1.807) is 18.5 Å². The van der Waals surface area contributed by atoms with Crippen LogP contribution in [0.15, 0.2) is 30.9 Å². The smallest absolute Gasteiger partial charge is 0.387 e. The summed E-state index contributed by atoms with van der Waals surface area (Å²) in [6.45, 7) is 0.186. The Bertz CT molecular complexity index is 648. The number of nitrogens with one attached hydrogen (secondary N) is 1. The molecular formula is C17H22F2N4O. The van der Waals surface area contributed by atoms with E-state index < -0.39 is 6.61 Å². The fraction of sp³-hybridized carbons (Fsp3) is 0.529. The van der Waals surface area contributed by atoms with Gasteiger partial charge in [-0.2, -0.15) is 13.9 Å². The summed E-state index contributed by atoms with van der Waals surface area (Å²) in [5, 5.41) is 7.75. The molecule has 0 bridgehead atoms. The van der Waals surface area contributed by atoms with Gasteiger partial charge in [-0.15, -0.1) is 0 Å². The third kappa shape index (κ3) is 4.29. The van der Waals surface area contributed by atoms with Crippen LogP contribution in [0.4, 0.5) is 8.78 Å². The number of aryl methyl sites for hydroxylation is 2. The SMILES string of the molecule is C[C@@H](CCn1cncn1)N[C@@H]1CCCc2cc(OC(F)F)ccc21. The molecule has 3 rings (SSSR count). The van der Waals surface area contributed by atoms with Crippen molar-refractivity contribution in [2.24, 2.45) is 0 Å². The molecule has 1 heterocycles. The monoisotopic (exact) mass is 336 g/mol. The number of ether oxygens (including phenoxy) is 1. The Morgan fingerprint density at radius 2 is 2.29 bits per heavy atom. The predicted octanol–water partition coefficient (Wildman–Crippen LogP) is 3.33. The summed E-state index contributed by atoms with van der Waals surface area (Å²) in [5.41, 5.74) is 2.29. The third-order valence-corrected chi connectivity index (χ3v) is 4.40. The molecule has 1 aromatic heterocycles. The van der Waals surface area contributed by atoms with Crippen LogP contribution in [0.1, 0.15) is 43.4 Å². The molecule has 0 saturated heterocycles. The number of hydrogen-bond acceptors (Lipinski definition) is 4. The summed E-state index contributed by atoms with van der Waals surface area (Å²) >= 11 is 0. The molecule has 0 fully saturated rings. The van der Waals surface area contributed by atoms with Crippen molar-refractivity contribution >= 4 is 0 Å². The lowest BCUT2D eigenvalue weighted by molar-refractivity contribution is -0.0499. The highest BCUT2D eigenvalue weighted by molar-refractivity contribution is 5.39. The van der Waals surface area contributed by atoms with Crippen LogP contribution in [0.3, 0.4) is 0 Å². The van der Waals surface area contributed by atoms with Gasteiger partial charge >= 0.3 is 6.61 Å². The lowest BCUT2D eigenvalue weighted by Crippen LogP contribution is -2.33. The maximum absolute atomic E-state index is 12.4. The Labute approximate surface area is 140 Å². The number of alkyl halides is 2. The van der Waals surface area contributed by atoms with Crippen LogP contribution in [0.2, 0.25) is 0 Å². The standard InChI is InChI=1S/C17H22F2N4O/c1-12(7-8-23-11-20-10-21-23)22-16-4-2-3-13-9-14(24-17(18)19)5-6-15(13)16/h5-6,9-12,16-17,22H,2-4,7-8H2,1H3/t12-,16+/m0/s1. The van der Waals surface area contributed by atoms with Gasteiger partial charge in [-0.3, -0.25) is 4.68 Å². The number of aromatic nitrogens is 3. The van der Waals surface area contributed by atoms with Crippen LogP contribution < -0.4 is 10.1 Å². The van der Waals surface area contributed by atoms with Gasteiger partial charge in [0.05, 0.1) is 0 Å². The minimum Gasteiger partial charge on any atom is -0.435 e. The molecule has 7 heteroatoms. The first-order valence-corrected chi connectivity index (χ1v) is 8.28. The quantitative estimate of drug-likeness (QED) is 0.843. The molecule has 1 N–H and O–H groups in total. The number of nitrogens with zero attached hydrogens (tertiary/aromatic N) is 3. The molecule has 0 radical (unpaired) electrons. The fourth-order valence-electron chi connectivity index (χ4n) is 3.24. The van der Waals surface area contributed by atoms with Gasteiger partial charge in [-0.25, -0.2) is 4.98 Å². The molecule has 5 nitrogen and oxygen atoms in total. The van der Waals surface area contributed by atoms with Gasteiger partial charge in [-0.1, -0.05) is 6.07 Å². The van der Waals surface area contributed by atoms with Crippen molar-refractivity contribution in [3.8, 4) is 5.75 Å². The van der Waals surface area contributed by atoms with Crippen molar-refractivity contribution in [1.82, 2.24) is 20.1 Å². The summed E-state index contributed by atoms with van der Waals surface area (Å²) in [6.07, 6.45) is 7.19. The lowest BCUT2D eigenvalue weighted by Gasteiger charge is -2.29. The van der Waals surface area contributed by atoms with E-state index in [1.165, 1.54) is 11.9 Å². The molecule has 0 unspecified atom stereocenters. The van der Waals surface area contributed by atoms with Crippen molar-refractivity contribution in [2.45, 2.75) is 57.8 Å². The predicted molar refractivity (Wildman–Crippen MR) is 86.0 cm³/mol. The van der Waals surface area contributed by atoms with Gasteiger partial charge in [0.1, 0.15) is 18.4 Å². The summed E-state index contributed by atoms with van der Waals surface area (Å²) in [4.78, 5) is 3.94. The van der Waals surface area contributed by atoms with Crippen LogP contribution in [-0.4, -0.2) is 27.4 Å². The van der Waals surface area contributed by atoms with E-state index in [0.29, 0.717) is 6.04 Å². The maximum Gasteiger partial charge on any atom is 0.387 e. The Kier molecular flexibility index (Phi) is 5.40. The van der Waals surface area contributed by atoms with Gasteiger partial charge in [0.15, 0.2) is 0 Å².